The van der Waals surface area contributed by atoms with Crippen LogP contribution in [0.5, 0.6) is 0 Å². The van der Waals surface area contributed by atoms with Crippen molar-refractivity contribution >= 4 is 33.9 Å². The second kappa shape index (κ2) is 9.17. The van der Waals surface area contributed by atoms with Gasteiger partial charge in [0, 0.05) is 34.4 Å². The van der Waals surface area contributed by atoms with Gasteiger partial charge in [0.1, 0.15) is 0 Å². The summed E-state index contributed by atoms with van der Waals surface area (Å²) in [6.07, 6.45) is 6.14. The summed E-state index contributed by atoms with van der Waals surface area (Å²) in [5.74, 6) is 0. The molecule has 0 unspecified atom stereocenters. The Bertz CT molecular complexity index is 1290. The van der Waals surface area contributed by atoms with Crippen LogP contribution in [0, 0.1) is 13.8 Å². The topological polar surface area (TPSA) is 42.2 Å². The SMILES string of the molecule is Cc1cccc(-c2cc(C)cc(N(c3ccnc4cc(Cl)ccc34)C3CCC(N)CC3)c2)c1. The van der Waals surface area contributed by atoms with E-state index in [4.69, 9.17) is 17.3 Å². The number of fused-ring (bicyclic) bond motifs is 1. The first-order valence-corrected chi connectivity index (χ1v) is 12.1. The predicted molar refractivity (Wildman–Crippen MR) is 140 cm³/mol. The predicted octanol–water partition coefficient (Wildman–Crippen LogP) is 7.58. The number of anilines is 2. The second-order valence-electron chi connectivity index (χ2n) is 9.36. The molecule has 1 saturated carbocycles. The highest BCUT2D eigenvalue weighted by Gasteiger charge is 2.27. The Morgan fingerprint density at radius 1 is 0.848 bits per heavy atom. The third kappa shape index (κ3) is 4.62. The maximum Gasteiger partial charge on any atom is 0.0737 e. The van der Waals surface area contributed by atoms with Crippen LogP contribution in [0.1, 0.15) is 36.8 Å². The number of hydrogen-bond acceptors (Lipinski definition) is 3. The molecule has 33 heavy (non-hydrogen) atoms. The first-order chi connectivity index (χ1) is 16.0. The fraction of sp³-hybridized carbons (Fsp3) is 0.276. The second-order valence-corrected chi connectivity index (χ2v) is 9.79. The van der Waals surface area contributed by atoms with Crippen molar-refractivity contribution in [2.75, 3.05) is 4.90 Å². The summed E-state index contributed by atoms with van der Waals surface area (Å²) in [4.78, 5) is 7.12. The van der Waals surface area contributed by atoms with Gasteiger partial charge in [0.2, 0.25) is 0 Å². The molecule has 0 aliphatic heterocycles. The number of aryl methyl sites for hydroxylation is 2. The average Bonchev–Trinajstić information content (AvgIpc) is 2.80. The largest absolute Gasteiger partial charge is 0.338 e. The Kier molecular flexibility index (Phi) is 6.09. The van der Waals surface area contributed by atoms with Gasteiger partial charge in [-0.05, 0) is 92.6 Å². The fourth-order valence-corrected chi connectivity index (χ4v) is 5.28. The Labute approximate surface area is 201 Å². The van der Waals surface area contributed by atoms with Crippen LogP contribution in [0.2, 0.25) is 5.02 Å². The Morgan fingerprint density at radius 3 is 2.42 bits per heavy atom. The third-order valence-electron chi connectivity index (χ3n) is 6.74. The van der Waals surface area contributed by atoms with Gasteiger partial charge in [-0.2, -0.15) is 0 Å². The van der Waals surface area contributed by atoms with Gasteiger partial charge in [-0.15, -0.1) is 0 Å². The van der Waals surface area contributed by atoms with Gasteiger partial charge in [-0.25, -0.2) is 0 Å². The monoisotopic (exact) mass is 455 g/mol. The standard InChI is InChI=1S/C29H30ClN3/c1-19-4-3-5-21(14-19)22-15-20(2)16-26(17-22)33(25-9-7-24(31)8-10-25)29-12-13-32-28-18-23(30)6-11-27(28)29/h3-6,11-18,24-25H,7-10,31H2,1-2H3. The lowest BCUT2D eigenvalue weighted by molar-refractivity contribution is 0.391. The first kappa shape index (κ1) is 21.9. The third-order valence-corrected chi connectivity index (χ3v) is 6.97. The molecule has 168 valence electrons. The molecule has 2 N–H and O–H groups in total. The molecule has 0 amide bonds. The summed E-state index contributed by atoms with van der Waals surface area (Å²) in [6.45, 7) is 4.33. The Morgan fingerprint density at radius 2 is 1.64 bits per heavy atom. The maximum absolute atomic E-state index is 6.29. The minimum absolute atomic E-state index is 0.302. The average molecular weight is 456 g/mol. The van der Waals surface area contributed by atoms with Crippen LogP contribution in [0.3, 0.4) is 0 Å². The van der Waals surface area contributed by atoms with E-state index in [9.17, 15) is 0 Å². The smallest absolute Gasteiger partial charge is 0.0737 e. The zero-order valence-electron chi connectivity index (χ0n) is 19.3. The molecule has 0 radical (unpaired) electrons. The summed E-state index contributed by atoms with van der Waals surface area (Å²) in [5, 5.41) is 1.83. The highest BCUT2D eigenvalue weighted by Crippen LogP contribution is 2.40. The van der Waals surface area contributed by atoms with Crippen LogP contribution in [-0.2, 0) is 0 Å². The first-order valence-electron chi connectivity index (χ1n) is 11.8. The van der Waals surface area contributed by atoms with Crippen molar-refractivity contribution in [1.82, 2.24) is 4.98 Å². The molecule has 4 heteroatoms. The van der Waals surface area contributed by atoms with E-state index in [1.54, 1.807) is 0 Å². The molecule has 5 rings (SSSR count). The minimum Gasteiger partial charge on any atom is -0.338 e. The van der Waals surface area contributed by atoms with E-state index < -0.39 is 0 Å². The summed E-state index contributed by atoms with van der Waals surface area (Å²) in [6, 6.07) is 24.5. The highest BCUT2D eigenvalue weighted by atomic mass is 35.5. The molecule has 0 bridgehead atoms. The van der Waals surface area contributed by atoms with Crippen LogP contribution >= 0.6 is 11.6 Å². The zero-order chi connectivity index (χ0) is 22.9. The summed E-state index contributed by atoms with van der Waals surface area (Å²) < 4.78 is 0. The van der Waals surface area contributed by atoms with Gasteiger partial charge in [-0.1, -0.05) is 47.5 Å². The maximum atomic E-state index is 6.29. The molecule has 0 spiro atoms. The summed E-state index contributed by atoms with van der Waals surface area (Å²) in [5.41, 5.74) is 14.6. The molecule has 1 heterocycles. The van der Waals surface area contributed by atoms with Crippen molar-refractivity contribution in [3.05, 3.63) is 89.1 Å². The van der Waals surface area contributed by atoms with E-state index in [2.05, 4.69) is 78.3 Å². The van der Waals surface area contributed by atoms with Crippen molar-refractivity contribution in [3.8, 4) is 11.1 Å². The van der Waals surface area contributed by atoms with Crippen molar-refractivity contribution in [3.63, 3.8) is 0 Å². The van der Waals surface area contributed by atoms with Crippen LogP contribution in [0.4, 0.5) is 11.4 Å². The lowest BCUT2D eigenvalue weighted by Gasteiger charge is -2.38. The molecule has 3 aromatic carbocycles. The number of nitrogens with zero attached hydrogens (tertiary/aromatic N) is 2. The van der Waals surface area contributed by atoms with Crippen molar-refractivity contribution in [1.29, 1.82) is 0 Å². The quantitative estimate of drug-likeness (QED) is 0.344. The van der Waals surface area contributed by atoms with Crippen molar-refractivity contribution < 1.29 is 0 Å². The molecule has 4 aromatic rings. The van der Waals surface area contributed by atoms with E-state index in [0.717, 1.165) is 36.6 Å². The van der Waals surface area contributed by atoms with E-state index in [-0.39, 0.29) is 0 Å². The molecule has 3 nitrogen and oxygen atoms in total. The number of pyridine rings is 1. The molecule has 1 aliphatic carbocycles. The van der Waals surface area contributed by atoms with Gasteiger partial charge in [0.25, 0.3) is 0 Å². The van der Waals surface area contributed by atoms with Crippen LogP contribution in [0.15, 0.2) is 72.9 Å². The number of aromatic nitrogens is 1. The zero-order valence-corrected chi connectivity index (χ0v) is 20.0. The number of nitrogens with two attached hydrogens (primary N) is 1. The van der Waals surface area contributed by atoms with E-state index in [1.807, 2.05) is 18.3 Å². The molecule has 1 aliphatic rings. The molecular formula is C29H30ClN3. The van der Waals surface area contributed by atoms with E-state index >= 15 is 0 Å². The van der Waals surface area contributed by atoms with Gasteiger partial charge in [-0.3, -0.25) is 4.98 Å². The molecule has 0 saturated heterocycles. The summed E-state index contributed by atoms with van der Waals surface area (Å²) in [7, 11) is 0. The Hall–Kier alpha value is -2.88. The van der Waals surface area contributed by atoms with Crippen molar-refractivity contribution in [2.24, 2.45) is 5.73 Å². The normalized spacial score (nSPS) is 18.4. The van der Waals surface area contributed by atoms with Crippen LogP contribution < -0.4 is 10.6 Å². The van der Waals surface area contributed by atoms with Crippen LogP contribution in [0.25, 0.3) is 22.0 Å². The summed E-state index contributed by atoms with van der Waals surface area (Å²) >= 11 is 6.29. The lowest BCUT2D eigenvalue weighted by Crippen LogP contribution is -2.38. The minimum atomic E-state index is 0.302. The molecule has 1 fully saturated rings. The number of hydrogen-bond donors (Lipinski definition) is 1. The van der Waals surface area contributed by atoms with Crippen molar-refractivity contribution in [2.45, 2.75) is 51.6 Å². The van der Waals surface area contributed by atoms with Gasteiger partial charge >= 0.3 is 0 Å². The number of halogens is 1. The lowest BCUT2D eigenvalue weighted by atomic mass is 9.89. The van der Waals surface area contributed by atoms with Gasteiger partial charge in [0.15, 0.2) is 0 Å². The highest BCUT2D eigenvalue weighted by molar-refractivity contribution is 6.31. The van der Waals surface area contributed by atoms with Gasteiger partial charge < -0.3 is 10.6 Å². The molecule has 1 aromatic heterocycles. The molecular weight excluding hydrogens is 426 g/mol. The fourth-order valence-electron chi connectivity index (χ4n) is 5.12. The Balaban J connectivity index is 1.68. The van der Waals surface area contributed by atoms with Crippen LogP contribution in [-0.4, -0.2) is 17.1 Å². The molecule has 0 atom stereocenters. The number of rotatable bonds is 4. The van der Waals surface area contributed by atoms with Gasteiger partial charge in [0.05, 0.1) is 11.2 Å². The number of benzene rings is 3. The van der Waals surface area contributed by atoms with E-state index in [1.165, 1.54) is 33.6 Å². The van der Waals surface area contributed by atoms with E-state index in [0.29, 0.717) is 17.1 Å².